The summed E-state index contributed by atoms with van der Waals surface area (Å²) in [6.45, 7) is 6.25. The highest BCUT2D eigenvalue weighted by Gasteiger charge is 2.45. The van der Waals surface area contributed by atoms with Gasteiger partial charge in [-0.15, -0.1) is 10.2 Å². The van der Waals surface area contributed by atoms with Gasteiger partial charge in [-0.2, -0.15) is 13.2 Å². The number of fused-ring (bicyclic) bond motifs is 4. The van der Waals surface area contributed by atoms with Gasteiger partial charge in [0.1, 0.15) is 5.52 Å². The van der Waals surface area contributed by atoms with Crippen LogP contribution in [0.15, 0.2) is 41.3 Å². The van der Waals surface area contributed by atoms with E-state index in [2.05, 4.69) is 20.1 Å². The molecule has 1 saturated heterocycles. The van der Waals surface area contributed by atoms with Crippen molar-refractivity contribution in [1.82, 2.24) is 29.2 Å². The fourth-order valence-electron chi connectivity index (χ4n) is 5.61. The van der Waals surface area contributed by atoms with Crippen molar-refractivity contribution >= 4 is 22.1 Å². The van der Waals surface area contributed by atoms with Crippen molar-refractivity contribution in [3.63, 3.8) is 0 Å². The van der Waals surface area contributed by atoms with E-state index in [1.54, 1.807) is 23.7 Å². The van der Waals surface area contributed by atoms with Gasteiger partial charge in [-0.25, -0.2) is 4.79 Å². The summed E-state index contributed by atoms with van der Waals surface area (Å²) in [5.74, 6) is 1.45. The number of aryl methyl sites for hydroxylation is 1. The molecule has 1 aromatic carbocycles. The van der Waals surface area contributed by atoms with Crippen LogP contribution in [-0.2, 0) is 11.8 Å². The average Bonchev–Trinajstić information content (AvgIpc) is 3.40. The van der Waals surface area contributed by atoms with E-state index < -0.39 is 12.3 Å². The van der Waals surface area contributed by atoms with E-state index in [9.17, 15) is 18.0 Å². The topological polar surface area (TPSA) is 78.1 Å². The summed E-state index contributed by atoms with van der Waals surface area (Å²) < 4.78 is 50.0. The lowest BCUT2D eigenvalue weighted by Crippen LogP contribution is -2.30. The van der Waals surface area contributed by atoms with Gasteiger partial charge in [0.05, 0.1) is 17.8 Å². The third-order valence-electron chi connectivity index (χ3n) is 7.72. The maximum absolute atomic E-state index is 13.8. The van der Waals surface area contributed by atoms with Crippen molar-refractivity contribution in [1.29, 1.82) is 0 Å². The van der Waals surface area contributed by atoms with E-state index in [-0.39, 0.29) is 24.0 Å². The number of halogens is 3. The molecule has 200 valence electrons. The van der Waals surface area contributed by atoms with E-state index >= 15 is 0 Å². The Bertz CT molecular complexity index is 1550. The summed E-state index contributed by atoms with van der Waals surface area (Å²) in [7, 11) is 1.66. The Hall–Kier alpha value is -3.31. The van der Waals surface area contributed by atoms with Gasteiger partial charge in [-0.1, -0.05) is 12.1 Å². The van der Waals surface area contributed by atoms with Crippen LogP contribution in [0.3, 0.4) is 0 Å². The second kappa shape index (κ2) is 9.16. The number of piperidine rings is 1. The van der Waals surface area contributed by atoms with Crippen LogP contribution >= 0.6 is 0 Å². The van der Waals surface area contributed by atoms with Crippen molar-refractivity contribution in [3.05, 3.63) is 52.7 Å². The number of ether oxygens (including phenoxy) is 1. The molecule has 8 nitrogen and oxygen atoms in total. The zero-order valence-corrected chi connectivity index (χ0v) is 21.4. The zero-order valence-electron chi connectivity index (χ0n) is 21.4. The third kappa shape index (κ3) is 4.37. The molecule has 11 heteroatoms. The molecule has 1 aliphatic heterocycles. The minimum Gasteiger partial charge on any atom is -0.361 e. The average molecular weight is 527 g/mol. The maximum atomic E-state index is 13.8. The molecule has 4 heterocycles. The molecule has 6 rings (SSSR count). The number of imidazole rings is 1. The number of hydrogen-bond acceptors (Lipinski definition) is 6. The van der Waals surface area contributed by atoms with Crippen LogP contribution in [0.25, 0.3) is 33.2 Å². The zero-order chi connectivity index (χ0) is 26.8. The molecular formula is C27H29F3N6O2. The number of pyridine rings is 1. The SMILES string of the molecule is CC(C)n1c(=O)n(C)c2nnc3ccc(-c4ccc(C(OCCN5CC6CC6C5)C(F)(F)F)nc4)cc3c21. The summed E-state index contributed by atoms with van der Waals surface area (Å²) in [6.07, 6.45) is -3.97. The molecule has 1 aliphatic carbocycles. The predicted molar refractivity (Wildman–Crippen MR) is 137 cm³/mol. The number of nitrogens with zero attached hydrogens (tertiary/aromatic N) is 6. The molecule has 0 spiro atoms. The lowest BCUT2D eigenvalue weighted by Gasteiger charge is -2.23. The monoisotopic (exact) mass is 526 g/mol. The van der Waals surface area contributed by atoms with Gasteiger partial charge in [0, 0.05) is 49.9 Å². The number of benzene rings is 1. The molecule has 2 aliphatic rings. The number of alkyl halides is 3. The van der Waals surface area contributed by atoms with Crippen LogP contribution in [0.2, 0.25) is 0 Å². The molecular weight excluding hydrogens is 497 g/mol. The number of aromatic nitrogens is 5. The lowest BCUT2D eigenvalue weighted by molar-refractivity contribution is -0.225. The van der Waals surface area contributed by atoms with Crippen molar-refractivity contribution < 1.29 is 17.9 Å². The molecule has 3 aromatic heterocycles. The van der Waals surface area contributed by atoms with E-state index in [1.807, 2.05) is 26.0 Å². The van der Waals surface area contributed by atoms with Gasteiger partial charge < -0.3 is 9.64 Å². The Morgan fingerprint density at radius 2 is 1.82 bits per heavy atom. The number of likely N-dealkylation sites (tertiary alicyclic amines) is 1. The quantitative estimate of drug-likeness (QED) is 0.353. The first-order chi connectivity index (χ1) is 18.1. The fourth-order valence-corrected chi connectivity index (χ4v) is 5.61. The Labute approximate surface area is 217 Å². The van der Waals surface area contributed by atoms with Crippen molar-refractivity contribution in [3.8, 4) is 11.1 Å². The van der Waals surface area contributed by atoms with E-state index in [0.29, 0.717) is 28.8 Å². The second-order valence-corrected chi connectivity index (χ2v) is 10.7. The largest absolute Gasteiger partial charge is 0.420 e. The van der Waals surface area contributed by atoms with Gasteiger partial charge in [0.25, 0.3) is 0 Å². The summed E-state index contributed by atoms with van der Waals surface area (Å²) in [5, 5.41) is 9.24. The summed E-state index contributed by atoms with van der Waals surface area (Å²) in [6, 6.07) is 8.37. The molecule has 38 heavy (non-hydrogen) atoms. The molecule has 2 fully saturated rings. The molecule has 3 atom stereocenters. The predicted octanol–water partition coefficient (Wildman–Crippen LogP) is 4.50. The van der Waals surface area contributed by atoms with Crippen molar-refractivity contribution in [2.24, 2.45) is 18.9 Å². The van der Waals surface area contributed by atoms with E-state index in [1.165, 1.54) is 23.3 Å². The highest BCUT2D eigenvalue weighted by atomic mass is 19.4. The van der Waals surface area contributed by atoms with Gasteiger partial charge in [0.2, 0.25) is 0 Å². The van der Waals surface area contributed by atoms with Crippen LogP contribution in [-0.4, -0.2) is 61.6 Å². The number of hydrogen-bond donors (Lipinski definition) is 0. The third-order valence-corrected chi connectivity index (χ3v) is 7.72. The molecule has 3 unspecified atom stereocenters. The molecule has 0 N–H and O–H groups in total. The first-order valence-corrected chi connectivity index (χ1v) is 12.9. The first kappa shape index (κ1) is 25.0. The van der Waals surface area contributed by atoms with Gasteiger partial charge in [-0.3, -0.25) is 14.1 Å². The van der Waals surface area contributed by atoms with Crippen LogP contribution < -0.4 is 5.69 Å². The van der Waals surface area contributed by atoms with Crippen LogP contribution in [0.5, 0.6) is 0 Å². The lowest BCUT2D eigenvalue weighted by atomic mass is 10.0. The second-order valence-electron chi connectivity index (χ2n) is 10.7. The Kier molecular flexibility index (Phi) is 6.03. The van der Waals surface area contributed by atoms with E-state index in [4.69, 9.17) is 4.74 Å². The fraction of sp³-hybridized carbons (Fsp3) is 0.481. The van der Waals surface area contributed by atoms with Crippen LogP contribution in [0, 0.1) is 11.8 Å². The van der Waals surface area contributed by atoms with Gasteiger partial charge in [0.15, 0.2) is 11.8 Å². The van der Waals surface area contributed by atoms with Crippen molar-refractivity contribution in [2.45, 2.75) is 38.6 Å². The summed E-state index contributed by atoms with van der Waals surface area (Å²) in [4.78, 5) is 19.1. The summed E-state index contributed by atoms with van der Waals surface area (Å²) >= 11 is 0. The highest BCUT2D eigenvalue weighted by Crippen LogP contribution is 2.44. The highest BCUT2D eigenvalue weighted by molar-refractivity contribution is 6.02. The Morgan fingerprint density at radius 3 is 2.47 bits per heavy atom. The first-order valence-electron chi connectivity index (χ1n) is 12.9. The molecule has 0 radical (unpaired) electrons. The normalized spacial score (nSPS) is 20.5. The molecule has 4 aromatic rings. The van der Waals surface area contributed by atoms with E-state index in [0.717, 1.165) is 35.9 Å². The summed E-state index contributed by atoms with van der Waals surface area (Å²) in [5.41, 5.74) is 2.79. The van der Waals surface area contributed by atoms with Crippen molar-refractivity contribution in [2.75, 3.05) is 26.2 Å². The molecule has 0 bridgehead atoms. The minimum atomic E-state index is -4.57. The Morgan fingerprint density at radius 1 is 1.08 bits per heavy atom. The minimum absolute atomic E-state index is 0.00336. The van der Waals surface area contributed by atoms with Crippen LogP contribution in [0.4, 0.5) is 13.2 Å². The molecule has 1 saturated carbocycles. The maximum Gasteiger partial charge on any atom is 0.420 e. The van der Waals surface area contributed by atoms with Gasteiger partial charge >= 0.3 is 11.9 Å². The Balaban J connectivity index is 1.28. The van der Waals surface area contributed by atoms with Gasteiger partial charge in [-0.05, 0) is 55.9 Å². The smallest absolute Gasteiger partial charge is 0.361 e. The molecule has 0 amide bonds. The van der Waals surface area contributed by atoms with Crippen LogP contribution in [0.1, 0.15) is 38.1 Å². The standard InChI is InChI=1S/C27H29F3N6O2/c1-15(2)36-23-20-11-16(4-6-21(20)32-33-25(23)34(3)26(36)37)17-5-7-22(31-12-17)24(27(28,29)30)38-9-8-35-13-18-10-19(18)14-35/h4-7,11-12,15,18-19,24H,8-10,13-14H2,1-3H3. The number of rotatable bonds is 7.